The number of aromatic amines is 3. The molecule has 22 heavy (non-hydrogen) atoms. The lowest BCUT2D eigenvalue weighted by Crippen LogP contribution is -2.26. The van der Waals surface area contributed by atoms with Crippen molar-refractivity contribution < 1.29 is 4.79 Å². The number of hydrogen-bond acceptors (Lipinski definition) is 3. The van der Waals surface area contributed by atoms with Crippen molar-refractivity contribution in [3.8, 4) is 0 Å². The fraction of sp³-hybridized carbons (Fsp3) is 0.133. The van der Waals surface area contributed by atoms with Gasteiger partial charge in [-0.15, -0.1) is 0 Å². The summed E-state index contributed by atoms with van der Waals surface area (Å²) >= 11 is 0. The number of fused-ring (bicyclic) bond motifs is 1. The second-order valence-electron chi connectivity index (χ2n) is 4.87. The van der Waals surface area contributed by atoms with Crippen LogP contribution in [0.3, 0.4) is 0 Å². The average molecular weight is 298 g/mol. The van der Waals surface area contributed by atoms with Crippen LogP contribution < -0.4 is 16.6 Å². The fourth-order valence-electron chi connectivity index (χ4n) is 2.31. The number of carbonyl (C=O) groups excluding carboxylic acids is 1. The number of nitrogens with one attached hydrogen (secondary N) is 4. The minimum absolute atomic E-state index is 0.168. The van der Waals surface area contributed by atoms with Gasteiger partial charge in [-0.05, 0) is 30.2 Å². The van der Waals surface area contributed by atoms with Gasteiger partial charge in [0.2, 0.25) is 5.56 Å². The maximum absolute atomic E-state index is 12.2. The summed E-state index contributed by atoms with van der Waals surface area (Å²) in [6.07, 6.45) is 2.13. The Hall–Kier alpha value is -3.09. The molecule has 0 radical (unpaired) electrons. The van der Waals surface area contributed by atoms with Gasteiger partial charge in [-0.25, -0.2) is 4.79 Å². The highest BCUT2D eigenvalue weighted by atomic mass is 16.2. The van der Waals surface area contributed by atoms with Gasteiger partial charge >= 0.3 is 5.69 Å². The van der Waals surface area contributed by atoms with E-state index in [1.807, 2.05) is 0 Å². The smallest absolute Gasteiger partial charge is 0.323 e. The van der Waals surface area contributed by atoms with Gasteiger partial charge in [0, 0.05) is 18.8 Å². The molecule has 2 heterocycles. The van der Waals surface area contributed by atoms with E-state index in [0.717, 1.165) is 5.56 Å². The zero-order chi connectivity index (χ0) is 15.5. The van der Waals surface area contributed by atoms with Crippen LogP contribution in [0.5, 0.6) is 0 Å². The van der Waals surface area contributed by atoms with Gasteiger partial charge in [0.1, 0.15) is 0 Å². The molecule has 3 aromatic rings. The molecule has 0 aliphatic heterocycles. The van der Waals surface area contributed by atoms with Crippen LogP contribution in [0.25, 0.3) is 11.0 Å². The zero-order valence-electron chi connectivity index (χ0n) is 11.6. The predicted octanol–water partition coefficient (Wildman–Crippen LogP) is 0.517. The molecule has 0 saturated heterocycles. The first-order chi connectivity index (χ1) is 10.6. The third-order valence-corrected chi connectivity index (χ3v) is 3.33. The van der Waals surface area contributed by atoms with E-state index in [-0.39, 0.29) is 17.2 Å². The number of rotatable bonds is 4. The van der Waals surface area contributed by atoms with Crippen molar-refractivity contribution in [2.45, 2.75) is 6.42 Å². The number of para-hydroxylation sites is 1. The van der Waals surface area contributed by atoms with Gasteiger partial charge in [0.15, 0.2) is 0 Å². The number of amides is 1. The molecule has 0 aliphatic carbocycles. The normalized spacial score (nSPS) is 10.7. The van der Waals surface area contributed by atoms with Gasteiger partial charge in [-0.3, -0.25) is 9.59 Å². The molecular formula is C15H14N4O3. The Morgan fingerprint density at radius 3 is 2.82 bits per heavy atom. The van der Waals surface area contributed by atoms with Crippen molar-refractivity contribution in [1.29, 1.82) is 0 Å². The summed E-state index contributed by atoms with van der Waals surface area (Å²) in [4.78, 5) is 42.5. The van der Waals surface area contributed by atoms with E-state index >= 15 is 0 Å². The second-order valence-corrected chi connectivity index (χ2v) is 4.87. The summed E-state index contributed by atoms with van der Waals surface area (Å²) < 4.78 is 0. The van der Waals surface area contributed by atoms with Crippen molar-refractivity contribution in [3.63, 3.8) is 0 Å². The van der Waals surface area contributed by atoms with Crippen LogP contribution in [0, 0.1) is 0 Å². The lowest BCUT2D eigenvalue weighted by atomic mass is 10.1. The van der Waals surface area contributed by atoms with E-state index < -0.39 is 0 Å². The van der Waals surface area contributed by atoms with E-state index in [2.05, 4.69) is 20.3 Å². The van der Waals surface area contributed by atoms with E-state index in [9.17, 15) is 14.4 Å². The van der Waals surface area contributed by atoms with Crippen LogP contribution in [-0.4, -0.2) is 27.4 Å². The Morgan fingerprint density at radius 1 is 1.14 bits per heavy atom. The minimum atomic E-state index is -0.348. The summed E-state index contributed by atoms with van der Waals surface area (Å²) in [5.41, 5.74) is 1.81. The molecule has 1 amide bonds. The highest BCUT2D eigenvalue weighted by Crippen LogP contribution is 2.12. The molecule has 2 aromatic heterocycles. The number of aromatic nitrogens is 3. The van der Waals surface area contributed by atoms with E-state index in [0.29, 0.717) is 29.6 Å². The van der Waals surface area contributed by atoms with E-state index in [1.165, 1.54) is 6.07 Å². The van der Waals surface area contributed by atoms with Gasteiger partial charge < -0.3 is 20.3 Å². The first-order valence-electron chi connectivity index (χ1n) is 6.80. The number of pyridine rings is 1. The predicted molar refractivity (Wildman–Crippen MR) is 82.0 cm³/mol. The second kappa shape index (κ2) is 5.72. The van der Waals surface area contributed by atoms with Crippen LogP contribution in [0.2, 0.25) is 0 Å². The molecule has 7 heteroatoms. The van der Waals surface area contributed by atoms with Crippen LogP contribution in [0.15, 0.2) is 46.1 Å². The SMILES string of the molecule is O=C(NCCc1cc[nH]c(=O)c1)c1cccc2[nH]c(=O)[nH]c12. The molecule has 0 spiro atoms. The molecule has 0 saturated carbocycles. The summed E-state index contributed by atoms with van der Waals surface area (Å²) in [5.74, 6) is -0.273. The number of imidazole rings is 1. The van der Waals surface area contributed by atoms with E-state index in [1.54, 1.807) is 30.5 Å². The lowest BCUT2D eigenvalue weighted by Gasteiger charge is -2.06. The van der Waals surface area contributed by atoms with E-state index in [4.69, 9.17) is 0 Å². The van der Waals surface area contributed by atoms with Gasteiger partial charge in [-0.2, -0.15) is 0 Å². The number of H-pyrrole nitrogens is 3. The monoisotopic (exact) mass is 298 g/mol. The van der Waals surface area contributed by atoms with Crippen LogP contribution in [-0.2, 0) is 6.42 Å². The maximum atomic E-state index is 12.2. The summed E-state index contributed by atoms with van der Waals surface area (Å²) in [5, 5.41) is 2.78. The Balaban J connectivity index is 1.71. The molecule has 7 nitrogen and oxygen atoms in total. The Kier molecular flexibility index (Phi) is 3.61. The molecule has 3 rings (SSSR count). The van der Waals surface area contributed by atoms with Crippen LogP contribution >= 0.6 is 0 Å². The summed E-state index contributed by atoms with van der Waals surface area (Å²) in [6, 6.07) is 8.36. The molecule has 0 atom stereocenters. The molecule has 112 valence electrons. The molecular weight excluding hydrogens is 284 g/mol. The van der Waals surface area contributed by atoms with Gasteiger partial charge in [-0.1, -0.05) is 6.07 Å². The highest BCUT2D eigenvalue weighted by molar-refractivity contribution is 6.04. The zero-order valence-corrected chi connectivity index (χ0v) is 11.6. The standard InChI is InChI=1S/C15H14N4O3/c20-12-8-9(4-6-16-12)5-7-17-14(21)10-2-1-3-11-13(10)19-15(22)18-11/h1-4,6,8H,5,7H2,(H,16,20)(H,17,21)(H2,18,19,22). The Labute approximate surface area is 124 Å². The third-order valence-electron chi connectivity index (χ3n) is 3.33. The van der Waals surface area contributed by atoms with Crippen molar-refractivity contribution in [1.82, 2.24) is 20.3 Å². The van der Waals surface area contributed by atoms with Crippen LogP contribution in [0.1, 0.15) is 15.9 Å². The molecule has 0 aliphatic rings. The van der Waals surface area contributed by atoms with Crippen LogP contribution in [0.4, 0.5) is 0 Å². The van der Waals surface area contributed by atoms with Crippen molar-refractivity contribution >= 4 is 16.9 Å². The quantitative estimate of drug-likeness (QED) is 0.563. The first-order valence-corrected chi connectivity index (χ1v) is 6.80. The molecule has 0 bridgehead atoms. The maximum Gasteiger partial charge on any atom is 0.323 e. The number of carbonyl (C=O) groups is 1. The number of benzene rings is 1. The molecule has 4 N–H and O–H groups in total. The lowest BCUT2D eigenvalue weighted by molar-refractivity contribution is 0.0955. The molecule has 0 unspecified atom stereocenters. The third kappa shape index (κ3) is 2.83. The largest absolute Gasteiger partial charge is 0.352 e. The first kappa shape index (κ1) is 13.9. The molecule has 0 fully saturated rings. The Morgan fingerprint density at radius 2 is 2.00 bits per heavy atom. The minimum Gasteiger partial charge on any atom is -0.352 e. The summed E-state index contributed by atoms with van der Waals surface area (Å²) in [7, 11) is 0. The van der Waals surface area contributed by atoms with Crippen molar-refractivity contribution in [3.05, 3.63) is 68.5 Å². The average Bonchev–Trinajstić information content (AvgIpc) is 2.87. The topological polar surface area (TPSA) is 111 Å². The highest BCUT2D eigenvalue weighted by Gasteiger charge is 2.11. The van der Waals surface area contributed by atoms with Crippen molar-refractivity contribution in [2.75, 3.05) is 6.54 Å². The number of hydrogen-bond donors (Lipinski definition) is 4. The fourth-order valence-corrected chi connectivity index (χ4v) is 2.31. The molecule has 1 aromatic carbocycles. The van der Waals surface area contributed by atoms with Crippen molar-refractivity contribution in [2.24, 2.45) is 0 Å². The Bertz CT molecular complexity index is 935. The summed E-state index contributed by atoms with van der Waals surface area (Å²) in [6.45, 7) is 0.396. The van der Waals surface area contributed by atoms with Gasteiger partial charge in [0.25, 0.3) is 5.91 Å². The van der Waals surface area contributed by atoms with Gasteiger partial charge in [0.05, 0.1) is 16.6 Å².